The van der Waals surface area contributed by atoms with Crippen LogP contribution < -0.4 is 5.32 Å². The summed E-state index contributed by atoms with van der Waals surface area (Å²) in [6.07, 6.45) is 2.55. The number of nitrogens with zero attached hydrogens (tertiary/aromatic N) is 2. The molecular weight excluding hydrogens is 406 g/mol. The Bertz CT molecular complexity index is 978. The Hall–Kier alpha value is -3.48. The third-order valence-electron chi connectivity index (χ3n) is 6.07. The van der Waals surface area contributed by atoms with Crippen molar-refractivity contribution in [3.63, 3.8) is 0 Å². The molecule has 4 amide bonds. The minimum atomic E-state index is -0.287. The van der Waals surface area contributed by atoms with Gasteiger partial charge in [-0.05, 0) is 37.0 Å². The van der Waals surface area contributed by atoms with E-state index in [1.807, 2.05) is 35.2 Å². The van der Waals surface area contributed by atoms with Crippen LogP contribution in [0.5, 0.6) is 0 Å². The van der Waals surface area contributed by atoms with Gasteiger partial charge in [0.15, 0.2) is 0 Å². The van der Waals surface area contributed by atoms with Gasteiger partial charge < -0.3 is 10.2 Å². The molecule has 1 saturated heterocycles. The Morgan fingerprint density at radius 3 is 2.09 bits per heavy atom. The SMILES string of the molecule is O=C(Cc1ccccc1)NC1CCN(C(=O)CCCN2C(=O)c3ccccc3C2=O)CC1. The maximum Gasteiger partial charge on any atom is 0.261 e. The molecule has 2 aliphatic rings. The molecule has 0 radical (unpaired) electrons. The first kappa shape index (κ1) is 21.7. The van der Waals surface area contributed by atoms with Gasteiger partial charge in [0.2, 0.25) is 11.8 Å². The fourth-order valence-corrected chi connectivity index (χ4v) is 4.32. The van der Waals surface area contributed by atoms with Gasteiger partial charge in [-0.3, -0.25) is 24.1 Å². The molecule has 7 heteroatoms. The number of piperidine rings is 1. The van der Waals surface area contributed by atoms with Gasteiger partial charge in [0.1, 0.15) is 0 Å². The van der Waals surface area contributed by atoms with Crippen LogP contribution in [0.4, 0.5) is 0 Å². The predicted octanol–water partition coefficient (Wildman–Crippen LogP) is 2.41. The number of carbonyl (C=O) groups excluding carboxylic acids is 4. The van der Waals surface area contributed by atoms with Gasteiger partial charge in [-0.2, -0.15) is 0 Å². The van der Waals surface area contributed by atoms with E-state index in [0.717, 1.165) is 18.4 Å². The van der Waals surface area contributed by atoms with Gasteiger partial charge >= 0.3 is 0 Å². The van der Waals surface area contributed by atoms with Crippen LogP contribution in [0.3, 0.4) is 0 Å². The molecule has 2 aliphatic heterocycles. The van der Waals surface area contributed by atoms with Crippen molar-refractivity contribution in [1.82, 2.24) is 15.1 Å². The highest BCUT2D eigenvalue weighted by atomic mass is 16.2. The van der Waals surface area contributed by atoms with E-state index in [1.54, 1.807) is 24.3 Å². The summed E-state index contributed by atoms with van der Waals surface area (Å²) in [5, 5.41) is 3.07. The number of fused-ring (bicyclic) bond motifs is 1. The summed E-state index contributed by atoms with van der Waals surface area (Å²) >= 11 is 0. The lowest BCUT2D eigenvalue weighted by molar-refractivity contribution is -0.132. The van der Waals surface area contributed by atoms with Crippen molar-refractivity contribution in [1.29, 1.82) is 0 Å². The quantitative estimate of drug-likeness (QED) is 0.680. The van der Waals surface area contributed by atoms with Gasteiger partial charge in [0, 0.05) is 32.1 Å². The van der Waals surface area contributed by atoms with Crippen molar-refractivity contribution in [3.05, 3.63) is 71.3 Å². The number of imide groups is 1. The third-order valence-corrected chi connectivity index (χ3v) is 6.07. The number of carbonyl (C=O) groups is 4. The predicted molar refractivity (Wildman–Crippen MR) is 119 cm³/mol. The molecule has 2 heterocycles. The Morgan fingerprint density at radius 1 is 0.875 bits per heavy atom. The molecule has 32 heavy (non-hydrogen) atoms. The average Bonchev–Trinajstić information content (AvgIpc) is 3.05. The summed E-state index contributed by atoms with van der Waals surface area (Å²) < 4.78 is 0. The highest BCUT2D eigenvalue weighted by molar-refractivity contribution is 6.21. The molecule has 0 atom stereocenters. The minimum absolute atomic E-state index is 0.00178. The number of amides is 4. The highest BCUT2D eigenvalue weighted by Crippen LogP contribution is 2.23. The van der Waals surface area contributed by atoms with E-state index in [-0.39, 0.29) is 36.2 Å². The molecule has 2 aromatic carbocycles. The summed E-state index contributed by atoms with van der Waals surface area (Å²) in [6, 6.07) is 16.5. The van der Waals surface area contributed by atoms with Crippen molar-refractivity contribution >= 4 is 23.6 Å². The van der Waals surface area contributed by atoms with E-state index in [2.05, 4.69) is 5.32 Å². The van der Waals surface area contributed by atoms with Crippen molar-refractivity contribution in [2.45, 2.75) is 38.1 Å². The molecule has 0 unspecified atom stereocenters. The van der Waals surface area contributed by atoms with Crippen LogP contribution in [0.15, 0.2) is 54.6 Å². The molecule has 0 spiro atoms. The van der Waals surface area contributed by atoms with Gasteiger partial charge in [-0.1, -0.05) is 42.5 Å². The zero-order valence-electron chi connectivity index (χ0n) is 18.0. The largest absolute Gasteiger partial charge is 0.353 e. The fourth-order valence-electron chi connectivity index (χ4n) is 4.32. The van der Waals surface area contributed by atoms with E-state index in [1.165, 1.54) is 4.90 Å². The number of hydrogen-bond donors (Lipinski definition) is 1. The first-order chi connectivity index (χ1) is 15.5. The minimum Gasteiger partial charge on any atom is -0.353 e. The Labute approximate surface area is 187 Å². The van der Waals surface area contributed by atoms with Gasteiger partial charge in [-0.15, -0.1) is 0 Å². The van der Waals surface area contributed by atoms with Gasteiger partial charge in [0.25, 0.3) is 11.8 Å². The van der Waals surface area contributed by atoms with Crippen LogP contribution in [0.25, 0.3) is 0 Å². The summed E-state index contributed by atoms with van der Waals surface area (Å²) in [4.78, 5) is 52.7. The molecule has 1 N–H and O–H groups in total. The number of benzene rings is 2. The molecule has 0 aromatic heterocycles. The lowest BCUT2D eigenvalue weighted by Crippen LogP contribution is -2.47. The smallest absolute Gasteiger partial charge is 0.261 e. The maximum atomic E-state index is 12.6. The van der Waals surface area contributed by atoms with Crippen LogP contribution in [0, 0.1) is 0 Å². The second-order valence-corrected chi connectivity index (χ2v) is 8.30. The zero-order chi connectivity index (χ0) is 22.5. The number of likely N-dealkylation sites (tertiary alicyclic amines) is 1. The standard InChI is InChI=1S/C25H27N3O4/c29-22(17-18-7-2-1-3-8-18)26-19-12-15-27(16-13-19)23(30)11-6-14-28-24(31)20-9-4-5-10-21(20)25(28)32/h1-5,7-10,19H,6,11-17H2,(H,26,29). The zero-order valence-corrected chi connectivity index (χ0v) is 18.0. The van der Waals surface area contributed by atoms with Crippen LogP contribution in [-0.2, 0) is 16.0 Å². The second kappa shape index (κ2) is 9.77. The van der Waals surface area contributed by atoms with Crippen LogP contribution >= 0.6 is 0 Å². The van der Waals surface area contributed by atoms with Crippen molar-refractivity contribution < 1.29 is 19.2 Å². The topological polar surface area (TPSA) is 86.8 Å². The molecule has 7 nitrogen and oxygen atoms in total. The first-order valence-electron chi connectivity index (χ1n) is 11.1. The van der Waals surface area contributed by atoms with E-state index >= 15 is 0 Å². The van der Waals surface area contributed by atoms with Crippen LogP contribution in [-0.4, -0.2) is 59.1 Å². The molecule has 0 saturated carbocycles. The summed E-state index contributed by atoms with van der Waals surface area (Å²) in [5.41, 5.74) is 1.84. The first-order valence-corrected chi connectivity index (χ1v) is 11.1. The van der Waals surface area contributed by atoms with E-state index < -0.39 is 0 Å². The monoisotopic (exact) mass is 433 g/mol. The maximum absolute atomic E-state index is 12.6. The molecular formula is C25H27N3O4. The molecule has 2 aromatic rings. The van der Waals surface area contributed by atoms with Gasteiger partial charge in [0.05, 0.1) is 17.5 Å². The lowest BCUT2D eigenvalue weighted by Gasteiger charge is -2.32. The lowest BCUT2D eigenvalue weighted by atomic mass is 10.0. The molecule has 166 valence electrons. The van der Waals surface area contributed by atoms with E-state index in [0.29, 0.717) is 43.5 Å². The van der Waals surface area contributed by atoms with Crippen molar-refractivity contribution in [2.24, 2.45) is 0 Å². The Balaban J connectivity index is 1.17. The van der Waals surface area contributed by atoms with Gasteiger partial charge in [-0.25, -0.2) is 0 Å². The van der Waals surface area contributed by atoms with Crippen molar-refractivity contribution in [3.8, 4) is 0 Å². The Kier molecular flexibility index (Phi) is 6.63. The number of nitrogens with one attached hydrogen (secondary N) is 1. The highest BCUT2D eigenvalue weighted by Gasteiger charge is 2.34. The van der Waals surface area contributed by atoms with Crippen molar-refractivity contribution in [2.75, 3.05) is 19.6 Å². The summed E-state index contributed by atoms with van der Waals surface area (Å²) in [5.74, 6) is -0.548. The summed E-state index contributed by atoms with van der Waals surface area (Å²) in [7, 11) is 0. The molecule has 0 aliphatic carbocycles. The summed E-state index contributed by atoms with van der Waals surface area (Å²) in [6.45, 7) is 1.44. The van der Waals surface area contributed by atoms with Crippen LogP contribution in [0.2, 0.25) is 0 Å². The Morgan fingerprint density at radius 2 is 1.47 bits per heavy atom. The molecule has 1 fully saturated rings. The fraction of sp³-hybridized carbons (Fsp3) is 0.360. The average molecular weight is 434 g/mol. The van der Waals surface area contributed by atoms with E-state index in [9.17, 15) is 19.2 Å². The normalized spacial score (nSPS) is 16.2. The van der Waals surface area contributed by atoms with Crippen LogP contribution in [0.1, 0.15) is 52.0 Å². The second-order valence-electron chi connectivity index (χ2n) is 8.30. The molecule has 4 rings (SSSR count). The molecule has 0 bridgehead atoms. The number of rotatable bonds is 7. The van der Waals surface area contributed by atoms with E-state index in [4.69, 9.17) is 0 Å². The third kappa shape index (κ3) is 4.88. The number of hydrogen-bond acceptors (Lipinski definition) is 4.